The van der Waals surface area contributed by atoms with Gasteiger partial charge in [-0.2, -0.15) is 0 Å². The van der Waals surface area contributed by atoms with Crippen molar-refractivity contribution in [2.45, 2.75) is 39.8 Å². The Balaban J connectivity index is 4.53. The highest BCUT2D eigenvalue weighted by Gasteiger charge is 2.25. The number of hydrogen-bond donors (Lipinski definition) is 1. The normalized spacial score (nSPS) is 15.3. The molecule has 0 aliphatic carbocycles. The lowest BCUT2D eigenvalue weighted by molar-refractivity contribution is -0.135. The number of carbonyl (C=O) groups is 1. The molecule has 0 saturated carbocycles. The molecule has 16 heavy (non-hydrogen) atoms. The fraction of sp³-hybridized carbons (Fsp3) is 0.917. The summed E-state index contributed by atoms with van der Waals surface area (Å²) in [5.41, 5.74) is 5.90. The molecule has 0 rings (SSSR count). The highest BCUT2D eigenvalue weighted by atomic mass is 16.2. The molecule has 0 spiro atoms. The molecular formula is C12H27N3O. The molecular weight excluding hydrogens is 202 g/mol. The van der Waals surface area contributed by atoms with Gasteiger partial charge in [-0.05, 0) is 33.9 Å². The smallest absolute Gasteiger partial charge is 0.240 e. The van der Waals surface area contributed by atoms with Gasteiger partial charge in [0.2, 0.25) is 5.91 Å². The third-order valence-corrected chi connectivity index (χ3v) is 2.79. The first-order chi connectivity index (χ1) is 7.31. The molecule has 0 bridgehead atoms. The van der Waals surface area contributed by atoms with Crippen molar-refractivity contribution in [2.24, 2.45) is 11.7 Å². The summed E-state index contributed by atoms with van der Waals surface area (Å²) in [6.07, 6.45) is 0. The fourth-order valence-corrected chi connectivity index (χ4v) is 1.79. The van der Waals surface area contributed by atoms with E-state index < -0.39 is 0 Å². The minimum absolute atomic E-state index is 0.0619. The van der Waals surface area contributed by atoms with Gasteiger partial charge in [-0.3, -0.25) is 4.79 Å². The van der Waals surface area contributed by atoms with Crippen molar-refractivity contribution >= 4 is 5.91 Å². The van der Waals surface area contributed by atoms with E-state index in [1.54, 1.807) is 0 Å². The van der Waals surface area contributed by atoms with Crippen molar-refractivity contribution in [1.82, 2.24) is 9.80 Å². The van der Waals surface area contributed by atoms with Gasteiger partial charge < -0.3 is 15.5 Å². The minimum atomic E-state index is -0.385. The molecule has 0 aromatic rings. The van der Waals surface area contributed by atoms with E-state index in [1.807, 2.05) is 39.8 Å². The van der Waals surface area contributed by atoms with Crippen molar-refractivity contribution in [3.63, 3.8) is 0 Å². The Morgan fingerprint density at radius 2 is 1.75 bits per heavy atom. The summed E-state index contributed by atoms with van der Waals surface area (Å²) in [5.74, 6) is 0.250. The lowest BCUT2D eigenvalue weighted by Crippen LogP contribution is -2.52. The largest absolute Gasteiger partial charge is 0.338 e. The van der Waals surface area contributed by atoms with Crippen molar-refractivity contribution in [2.75, 3.05) is 27.2 Å². The molecule has 2 N–H and O–H groups in total. The molecule has 0 aromatic heterocycles. The number of amides is 1. The van der Waals surface area contributed by atoms with Crippen LogP contribution in [0.1, 0.15) is 27.7 Å². The van der Waals surface area contributed by atoms with Gasteiger partial charge in [-0.25, -0.2) is 0 Å². The monoisotopic (exact) mass is 229 g/mol. The van der Waals surface area contributed by atoms with E-state index in [9.17, 15) is 4.79 Å². The lowest BCUT2D eigenvalue weighted by atomic mass is 10.0. The van der Waals surface area contributed by atoms with E-state index >= 15 is 0 Å². The zero-order chi connectivity index (χ0) is 12.9. The quantitative estimate of drug-likeness (QED) is 0.732. The summed E-state index contributed by atoms with van der Waals surface area (Å²) < 4.78 is 0. The first-order valence-corrected chi connectivity index (χ1v) is 6.02. The maximum Gasteiger partial charge on any atom is 0.240 e. The second kappa shape index (κ2) is 6.86. The van der Waals surface area contributed by atoms with Crippen LogP contribution in [0.25, 0.3) is 0 Å². The number of nitrogens with two attached hydrogens (primary N) is 1. The Bertz CT molecular complexity index is 216. The molecule has 0 aliphatic heterocycles. The predicted octanol–water partition coefficient (Wildman–Crippen LogP) is 0.768. The van der Waals surface area contributed by atoms with Crippen molar-refractivity contribution in [3.05, 3.63) is 0 Å². The summed E-state index contributed by atoms with van der Waals surface area (Å²) in [4.78, 5) is 16.1. The van der Waals surface area contributed by atoms with Gasteiger partial charge in [-0.15, -0.1) is 0 Å². The summed E-state index contributed by atoms with van der Waals surface area (Å²) in [5, 5.41) is 0. The Morgan fingerprint density at radius 1 is 1.25 bits per heavy atom. The van der Waals surface area contributed by atoms with E-state index in [4.69, 9.17) is 5.73 Å². The molecule has 0 radical (unpaired) electrons. The molecule has 2 atom stereocenters. The maximum atomic E-state index is 12.1. The zero-order valence-electron chi connectivity index (χ0n) is 11.5. The predicted molar refractivity (Wildman–Crippen MR) is 68.2 cm³/mol. The molecule has 4 heteroatoms. The second-order valence-electron chi connectivity index (χ2n) is 5.01. The van der Waals surface area contributed by atoms with Gasteiger partial charge in [-0.1, -0.05) is 13.8 Å². The van der Waals surface area contributed by atoms with Crippen molar-refractivity contribution in [1.29, 1.82) is 0 Å². The SMILES string of the molecule is CCN(C(=O)C(N)C(C)C)C(C)CN(C)C. The highest BCUT2D eigenvalue weighted by Crippen LogP contribution is 2.07. The average Bonchev–Trinajstić information content (AvgIpc) is 2.16. The first kappa shape index (κ1) is 15.4. The molecule has 0 aliphatic rings. The van der Waals surface area contributed by atoms with E-state index in [2.05, 4.69) is 11.8 Å². The van der Waals surface area contributed by atoms with E-state index in [-0.39, 0.29) is 23.9 Å². The summed E-state index contributed by atoms with van der Waals surface area (Å²) in [6, 6.07) is -0.179. The Labute approximate surface area is 99.8 Å². The van der Waals surface area contributed by atoms with Crippen LogP contribution in [0.5, 0.6) is 0 Å². The fourth-order valence-electron chi connectivity index (χ4n) is 1.79. The van der Waals surface area contributed by atoms with Crippen LogP contribution in [0.15, 0.2) is 0 Å². The van der Waals surface area contributed by atoms with Crippen LogP contribution < -0.4 is 5.73 Å². The molecule has 0 fully saturated rings. The Hall–Kier alpha value is -0.610. The molecule has 1 amide bonds. The lowest BCUT2D eigenvalue weighted by Gasteiger charge is -2.33. The number of hydrogen-bond acceptors (Lipinski definition) is 3. The molecule has 0 saturated heterocycles. The van der Waals surface area contributed by atoms with Crippen LogP contribution in [0, 0.1) is 5.92 Å². The average molecular weight is 229 g/mol. The molecule has 0 heterocycles. The summed E-state index contributed by atoms with van der Waals surface area (Å²) in [6.45, 7) is 9.60. The molecule has 0 aromatic carbocycles. The van der Waals surface area contributed by atoms with E-state index in [0.29, 0.717) is 6.54 Å². The third-order valence-electron chi connectivity index (χ3n) is 2.79. The topological polar surface area (TPSA) is 49.6 Å². The van der Waals surface area contributed by atoms with Crippen molar-refractivity contribution in [3.8, 4) is 0 Å². The molecule has 4 nitrogen and oxygen atoms in total. The van der Waals surface area contributed by atoms with Gasteiger partial charge in [0, 0.05) is 19.1 Å². The van der Waals surface area contributed by atoms with E-state index in [1.165, 1.54) is 0 Å². The number of nitrogens with zero attached hydrogens (tertiary/aromatic N) is 2. The summed E-state index contributed by atoms with van der Waals surface area (Å²) >= 11 is 0. The van der Waals surface area contributed by atoms with Crippen LogP contribution in [-0.2, 0) is 4.79 Å². The van der Waals surface area contributed by atoms with Gasteiger partial charge >= 0.3 is 0 Å². The maximum absolute atomic E-state index is 12.1. The minimum Gasteiger partial charge on any atom is -0.338 e. The summed E-state index contributed by atoms with van der Waals surface area (Å²) in [7, 11) is 4.02. The molecule has 2 unspecified atom stereocenters. The van der Waals surface area contributed by atoms with Crippen LogP contribution >= 0.6 is 0 Å². The Kier molecular flexibility index (Phi) is 6.60. The third kappa shape index (κ3) is 4.49. The standard InChI is InChI=1S/C12H27N3O/c1-7-15(10(4)8-14(5)6)12(16)11(13)9(2)3/h9-11H,7-8,13H2,1-6H3. The number of carbonyl (C=O) groups excluding carboxylic acids is 1. The molecule has 96 valence electrons. The highest BCUT2D eigenvalue weighted by molar-refractivity contribution is 5.82. The number of rotatable bonds is 6. The van der Waals surface area contributed by atoms with Crippen LogP contribution in [0.3, 0.4) is 0 Å². The zero-order valence-corrected chi connectivity index (χ0v) is 11.5. The van der Waals surface area contributed by atoms with Gasteiger partial charge in [0.1, 0.15) is 0 Å². The van der Waals surface area contributed by atoms with Crippen LogP contribution in [0.4, 0.5) is 0 Å². The van der Waals surface area contributed by atoms with Crippen molar-refractivity contribution < 1.29 is 4.79 Å². The van der Waals surface area contributed by atoms with Gasteiger partial charge in [0.25, 0.3) is 0 Å². The van der Waals surface area contributed by atoms with Crippen LogP contribution in [0.2, 0.25) is 0 Å². The van der Waals surface area contributed by atoms with Gasteiger partial charge in [0.05, 0.1) is 6.04 Å². The van der Waals surface area contributed by atoms with Gasteiger partial charge in [0.15, 0.2) is 0 Å². The van der Waals surface area contributed by atoms with Crippen LogP contribution in [-0.4, -0.2) is 55.0 Å². The first-order valence-electron chi connectivity index (χ1n) is 6.02. The van der Waals surface area contributed by atoms with E-state index in [0.717, 1.165) is 6.54 Å². The number of likely N-dealkylation sites (N-methyl/N-ethyl adjacent to an activating group) is 2. The second-order valence-corrected chi connectivity index (χ2v) is 5.01. The Morgan fingerprint density at radius 3 is 2.06 bits per heavy atom.